The lowest BCUT2D eigenvalue weighted by Gasteiger charge is -2.11. The fraction of sp³-hybridized carbons (Fsp3) is 0.316. The zero-order valence-corrected chi connectivity index (χ0v) is 16.2. The van der Waals surface area contributed by atoms with Crippen LogP contribution in [0.5, 0.6) is 5.75 Å². The molecule has 0 spiro atoms. The van der Waals surface area contributed by atoms with E-state index in [0.717, 1.165) is 5.56 Å². The van der Waals surface area contributed by atoms with Gasteiger partial charge in [0.15, 0.2) is 15.5 Å². The SMILES string of the molecule is COc1ccc(-c2cc(C(=O)O)c3c(C)nn(C4CCS(=O)(=O)C4)c3n2)cc1. The van der Waals surface area contributed by atoms with Gasteiger partial charge in [-0.2, -0.15) is 5.10 Å². The number of aryl methyl sites for hydroxylation is 1. The molecule has 1 aliphatic rings. The number of carboxylic acids is 1. The van der Waals surface area contributed by atoms with Crippen LogP contribution < -0.4 is 4.74 Å². The van der Waals surface area contributed by atoms with Crippen molar-refractivity contribution in [1.29, 1.82) is 0 Å². The van der Waals surface area contributed by atoms with Gasteiger partial charge in [-0.25, -0.2) is 22.9 Å². The van der Waals surface area contributed by atoms with Crippen LogP contribution in [0.2, 0.25) is 0 Å². The molecule has 146 valence electrons. The van der Waals surface area contributed by atoms with E-state index in [-0.39, 0.29) is 23.1 Å². The van der Waals surface area contributed by atoms with Crippen molar-refractivity contribution in [3.63, 3.8) is 0 Å². The molecule has 28 heavy (non-hydrogen) atoms. The summed E-state index contributed by atoms with van der Waals surface area (Å²) < 4.78 is 30.6. The molecule has 3 aromatic rings. The molecular formula is C19H19N3O5S. The van der Waals surface area contributed by atoms with Gasteiger partial charge in [0.1, 0.15) is 5.75 Å². The third kappa shape index (κ3) is 3.11. The Hall–Kier alpha value is -2.94. The van der Waals surface area contributed by atoms with E-state index in [1.165, 1.54) is 6.07 Å². The summed E-state index contributed by atoms with van der Waals surface area (Å²) in [7, 11) is -1.55. The van der Waals surface area contributed by atoms with Gasteiger partial charge in [-0.3, -0.25) is 0 Å². The molecule has 0 bridgehead atoms. The minimum Gasteiger partial charge on any atom is -0.497 e. The lowest BCUT2D eigenvalue weighted by atomic mass is 10.1. The molecule has 3 heterocycles. The van der Waals surface area contributed by atoms with Gasteiger partial charge in [0.2, 0.25) is 0 Å². The Morgan fingerprint density at radius 2 is 2.00 bits per heavy atom. The Morgan fingerprint density at radius 3 is 2.57 bits per heavy atom. The first kappa shape index (κ1) is 18.4. The van der Waals surface area contributed by atoms with Gasteiger partial charge in [0.05, 0.1) is 47.0 Å². The lowest BCUT2D eigenvalue weighted by molar-refractivity contribution is 0.0699. The summed E-state index contributed by atoms with van der Waals surface area (Å²) in [5.74, 6) is -0.313. The van der Waals surface area contributed by atoms with Crippen LogP contribution in [0.25, 0.3) is 22.3 Å². The van der Waals surface area contributed by atoms with Gasteiger partial charge in [0, 0.05) is 5.56 Å². The number of hydrogen-bond acceptors (Lipinski definition) is 6. The Bertz CT molecular complexity index is 1180. The van der Waals surface area contributed by atoms with Crippen LogP contribution in [0.1, 0.15) is 28.5 Å². The molecule has 9 heteroatoms. The second kappa shape index (κ2) is 6.59. The fourth-order valence-corrected chi connectivity index (χ4v) is 5.31. The number of ether oxygens (including phenoxy) is 1. The topological polar surface area (TPSA) is 111 Å². The van der Waals surface area contributed by atoms with E-state index in [1.807, 2.05) is 0 Å². The molecule has 1 unspecified atom stereocenters. The van der Waals surface area contributed by atoms with E-state index in [2.05, 4.69) is 10.1 Å². The molecule has 0 saturated carbocycles. The predicted molar refractivity (Wildman–Crippen MR) is 104 cm³/mol. The molecule has 2 aromatic heterocycles. The Balaban J connectivity index is 1.93. The van der Waals surface area contributed by atoms with Crippen LogP contribution in [-0.4, -0.2) is 52.9 Å². The van der Waals surface area contributed by atoms with E-state index in [0.29, 0.717) is 34.6 Å². The number of sulfone groups is 1. The smallest absolute Gasteiger partial charge is 0.336 e. The first-order chi connectivity index (χ1) is 13.3. The van der Waals surface area contributed by atoms with Gasteiger partial charge in [0.25, 0.3) is 0 Å². The van der Waals surface area contributed by atoms with Crippen molar-refractivity contribution >= 4 is 26.8 Å². The summed E-state index contributed by atoms with van der Waals surface area (Å²) in [5, 5.41) is 14.6. The standard InChI is InChI=1S/C19H19N3O5S/c1-11-17-15(19(23)24)9-16(12-3-5-14(27-2)6-4-12)20-18(17)22(21-11)13-7-8-28(25,26)10-13/h3-6,9,13H,7-8,10H2,1-2H3,(H,23,24). The number of benzene rings is 1. The van der Waals surface area contributed by atoms with Crippen LogP contribution in [0.4, 0.5) is 0 Å². The first-order valence-corrected chi connectivity index (χ1v) is 10.6. The summed E-state index contributed by atoms with van der Waals surface area (Å²) in [6.45, 7) is 1.71. The quantitative estimate of drug-likeness (QED) is 0.715. The minimum atomic E-state index is -3.12. The van der Waals surface area contributed by atoms with Crippen LogP contribution in [0.15, 0.2) is 30.3 Å². The van der Waals surface area contributed by atoms with E-state index < -0.39 is 15.8 Å². The van der Waals surface area contributed by atoms with Crippen molar-refractivity contribution in [2.45, 2.75) is 19.4 Å². The Kier molecular flexibility index (Phi) is 4.34. The van der Waals surface area contributed by atoms with E-state index >= 15 is 0 Å². The summed E-state index contributed by atoms with van der Waals surface area (Å²) in [6, 6.07) is 8.32. The molecular weight excluding hydrogens is 382 g/mol. The highest BCUT2D eigenvalue weighted by molar-refractivity contribution is 7.91. The molecule has 1 saturated heterocycles. The number of aromatic nitrogens is 3. The number of methoxy groups -OCH3 is 1. The molecule has 1 fully saturated rings. The van der Waals surface area contributed by atoms with Crippen molar-refractivity contribution in [2.24, 2.45) is 0 Å². The summed E-state index contributed by atoms with van der Waals surface area (Å²) in [4.78, 5) is 16.6. The summed E-state index contributed by atoms with van der Waals surface area (Å²) in [5.41, 5.74) is 2.22. The fourth-order valence-electron chi connectivity index (χ4n) is 3.61. The molecule has 0 radical (unpaired) electrons. The maximum absolute atomic E-state index is 11.9. The molecule has 0 amide bonds. The lowest BCUT2D eigenvalue weighted by Crippen LogP contribution is -2.13. The highest BCUT2D eigenvalue weighted by Gasteiger charge is 2.32. The van der Waals surface area contributed by atoms with Crippen LogP contribution in [0, 0.1) is 6.92 Å². The number of aromatic carboxylic acids is 1. The molecule has 1 N–H and O–H groups in total. The van der Waals surface area contributed by atoms with Crippen molar-refractivity contribution in [2.75, 3.05) is 18.6 Å². The normalized spacial score (nSPS) is 18.4. The van der Waals surface area contributed by atoms with E-state index in [9.17, 15) is 18.3 Å². The zero-order chi connectivity index (χ0) is 20.1. The van der Waals surface area contributed by atoms with E-state index in [4.69, 9.17) is 4.74 Å². The highest BCUT2D eigenvalue weighted by atomic mass is 32.2. The first-order valence-electron chi connectivity index (χ1n) is 8.77. The second-order valence-corrected chi connectivity index (χ2v) is 9.10. The zero-order valence-electron chi connectivity index (χ0n) is 15.4. The summed E-state index contributed by atoms with van der Waals surface area (Å²) >= 11 is 0. The van der Waals surface area contributed by atoms with Crippen LogP contribution in [0.3, 0.4) is 0 Å². The Labute approximate surface area is 161 Å². The largest absolute Gasteiger partial charge is 0.497 e. The van der Waals surface area contributed by atoms with Crippen molar-refractivity contribution in [3.05, 3.63) is 41.6 Å². The van der Waals surface area contributed by atoms with Crippen molar-refractivity contribution in [3.8, 4) is 17.0 Å². The number of carboxylic acid groups (broad SMARTS) is 1. The molecule has 8 nitrogen and oxygen atoms in total. The third-order valence-corrected chi connectivity index (χ3v) is 6.76. The number of rotatable bonds is 4. The average Bonchev–Trinajstić information content (AvgIpc) is 3.20. The summed E-state index contributed by atoms with van der Waals surface area (Å²) in [6.07, 6.45) is 0.440. The predicted octanol–water partition coefficient (Wildman–Crippen LogP) is 2.47. The molecule has 1 aromatic carbocycles. The van der Waals surface area contributed by atoms with Crippen LogP contribution in [-0.2, 0) is 9.84 Å². The highest BCUT2D eigenvalue weighted by Crippen LogP contribution is 2.32. The number of fused-ring (bicyclic) bond motifs is 1. The molecule has 0 aliphatic carbocycles. The van der Waals surface area contributed by atoms with E-state index in [1.54, 1.807) is 43.0 Å². The average molecular weight is 401 g/mol. The maximum Gasteiger partial charge on any atom is 0.336 e. The number of carbonyl (C=O) groups is 1. The molecule has 4 rings (SSSR count). The van der Waals surface area contributed by atoms with Crippen LogP contribution >= 0.6 is 0 Å². The Morgan fingerprint density at radius 1 is 1.29 bits per heavy atom. The number of pyridine rings is 1. The second-order valence-electron chi connectivity index (χ2n) is 6.87. The monoisotopic (exact) mass is 401 g/mol. The number of hydrogen-bond donors (Lipinski definition) is 1. The van der Waals surface area contributed by atoms with Crippen molar-refractivity contribution in [1.82, 2.24) is 14.8 Å². The van der Waals surface area contributed by atoms with Crippen molar-refractivity contribution < 1.29 is 23.1 Å². The van der Waals surface area contributed by atoms with Gasteiger partial charge >= 0.3 is 5.97 Å². The van der Waals surface area contributed by atoms with Gasteiger partial charge in [-0.1, -0.05) is 0 Å². The third-order valence-electron chi connectivity index (χ3n) is 5.01. The molecule has 1 aliphatic heterocycles. The van der Waals surface area contributed by atoms with Gasteiger partial charge in [-0.05, 0) is 43.7 Å². The maximum atomic E-state index is 11.9. The van der Waals surface area contributed by atoms with Gasteiger partial charge < -0.3 is 9.84 Å². The number of nitrogens with zero attached hydrogens (tertiary/aromatic N) is 3. The molecule has 1 atom stereocenters. The minimum absolute atomic E-state index is 0.0138. The van der Waals surface area contributed by atoms with Gasteiger partial charge in [-0.15, -0.1) is 0 Å².